The summed E-state index contributed by atoms with van der Waals surface area (Å²) in [4.78, 5) is 11.7. The summed E-state index contributed by atoms with van der Waals surface area (Å²) in [7, 11) is 0. The molecule has 2 unspecified atom stereocenters. The number of hydrogen-bond donors (Lipinski definition) is 0. The summed E-state index contributed by atoms with van der Waals surface area (Å²) in [5.74, 6) is 0.871. The highest BCUT2D eigenvalue weighted by Crippen LogP contribution is 2.51. The van der Waals surface area contributed by atoms with Crippen molar-refractivity contribution in [3.63, 3.8) is 0 Å². The van der Waals surface area contributed by atoms with E-state index in [1.54, 1.807) is 0 Å². The molecule has 0 amide bonds. The van der Waals surface area contributed by atoms with E-state index in [4.69, 9.17) is 0 Å². The van der Waals surface area contributed by atoms with Gasteiger partial charge in [-0.25, -0.2) is 0 Å². The number of aryl methyl sites for hydroxylation is 1. The van der Waals surface area contributed by atoms with Gasteiger partial charge in [0.05, 0.1) is 0 Å². The van der Waals surface area contributed by atoms with Crippen LogP contribution in [-0.2, 0) is 11.2 Å². The van der Waals surface area contributed by atoms with Gasteiger partial charge in [0.15, 0.2) is 0 Å². The van der Waals surface area contributed by atoms with Crippen LogP contribution in [0.5, 0.6) is 0 Å². The Morgan fingerprint density at radius 2 is 1.88 bits per heavy atom. The highest BCUT2D eigenvalue weighted by molar-refractivity contribution is 5.92. The van der Waals surface area contributed by atoms with Crippen LogP contribution in [0.2, 0.25) is 0 Å². The standard InChI is InChI=1S/C15H20O/c1-4-11-6-8-12(9-7-11)13-10-14(16)15(13,3)5-2/h6-9,13H,4-5,10H2,1-3H3. The molecule has 0 N–H and O–H groups in total. The molecule has 1 saturated carbocycles. The van der Waals surface area contributed by atoms with E-state index >= 15 is 0 Å². The third kappa shape index (κ3) is 1.59. The van der Waals surface area contributed by atoms with Gasteiger partial charge >= 0.3 is 0 Å². The second-order valence-corrected chi connectivity index (χ2v) is 5.05. The molecular weight excluding hydrogens is 196 g/mol. The lowest BCUT2D eigenvalue weighted by Crippen LogP contribution is -2.45. The quantitative estimate of drug-likeness (QED) is 0.752. The Morgan fingerprint density at radius 3 is 2.31 bits per heavy atom. The van der Waals surface area contributed by atoms with Crippen LogP contribution in [-0.4, -0.2) is 5.78 Å². The predicted octanol–water partition coefficient (Wildman–Crippen LogP) is 3.72. The molecule has 1 aliphatic rings. The van der Waals surface area contributed by atoms with Crippen LogP contribution < -0.4 is 0 Å². The van der Waals surface area contributed by atoms with E-state index in [-0.39, 0.29) is 5.41 Å². The van der Waals surface area contributed by atoms with Crippen LogP contribution in [0.4, 0.5) is 0 Å². The number of rotatable bonds is 3. The summed E-state index contributed by atoms with van der Waals surface area (Å²) in [5.41, 5.74) is 2.60. The number of carbonyl (C=O) groups excluding carboxylic acids is 1. The molecule has 0 saturated heterocycles. The summed E-state index contributed by atoms with van der Waals surface area (Å²) in [6, 6.07) is 8.77. The summed E-state index contributed by atoms with van der Waals surface area (Å²) >= 11 is 0. The molecule has 1 heteroatoms. The van der Waals surface area contributed by atoms with E-state index in [1.807, 2.05) is 0 Å². The maximum absolute atomic E-state index is 11.7. The largest absolute Gasteiger partial charge is 0.299 e. The lowest BCUT2D eigenvalue weighted by molar-refractivity contribution is -0.139. The van der Waals surface area contributed by atoms with Gasteiger partial charge in [0.1, 0.15) is 5.78 Å². The fourth-order valence-corrected chi connectivity index (χ4v) is 2.62. The van der Waals surface area contributed by atoms with Crippen LogP contribution in [0.1, 0.15) is 50.7 Å². The van der Waals surface area contributed by atoms with E-state index in [0.717, 1.165) is 19.3 Å². The summed E-state index contributed by atoms with van der Waals surface area (Å²) < 4.78 is 0. The number of hydrogen-bond acceptors (Lipinski definition) is 1. The zero-order valence-electron chi connectivity index (χ0n) is 10.4. The van der Waals surface area contributed by atoms with Crippen molar-refractivity contribution in [2.45, 2.75) is 46.0 Å². The van der Waals surface area contributed by atoms with E-state index in [1.165, 1.54) is 11.1 Å². The minimum Gasteiger partial charge on any atom is -0.299 e. The first-order valence-electron chi connectivity index (χ1n) is 6.24. The van der Waals surface area contributed by atoms with E-state index in [0.29, 0.717) is 11.7 Å². The molecule has 0 aliphatic heterocycles. The number of benzene rings is 1. The molecular formula is C15H20O. The topological polar surface area (TPSA) is 17.1 Å². The lowest BCUT2D eigenvalue weighted by atomic mass is 9.56. The molecule has 16 heavy (non-hydrogen) atoms. The van der Waals surface area contributed by atoms with Crippen molar-refractivity contribution >= 4 is 5.78 Å². The van der Waals surface area contributed by atoms with Crippen LogP contribution in [0.25, 0.3) is 0 Å². The molecule has 0 spiro atoms. The average Bonchev–Trinajstić information content (AvgIpc) is 2.35. The van der Waals surface area contributed by atoms with Crippen molar-refractivity contribution in [1.29, 1.82) is 0 Å². The molecule has 86 valence electrons. The number of carbonyl (C=O) groups is 1. The van der Waals surface area contributed by atoms with Gasteiger partial charge in [-0.2, -0.15) is 0 Å². The predicted molar refractivity (Wildman–Crippen MR) is 66.6 cm³/mol. The van der Waals surface area contributed by atoms with Gasteiger partial charge in [0.2, 0.25) is 0 Å². The molecule has 1 aromatic rings. The van der Waals surface area contributed by atoms with Gasteiger partial charge in [-0.15, -0.1) is 0 Å². The lowest BCUT2D eigenvalue weighted by Gasteiger charge is -2.45. The Morgan fingerprint density at radius 1 is 1.25 bits per heavy atom. The molecule has 0 heterocycles. The van der Waals surface area contributed by atoms with Gasteiger partial charge in [-0.3, -0.25) is 4.79 Å². The number of Topliss-reactive ketones (excluding diaryl/α,β-unsaturated/α-hetero) is 1. The second-order valence-electron chi connectivity index (χ2n) is 5.05. The summed E-state index contributed by atoms with van der Waals surface area (Å²) in [6.07, 6.45) is 2.76. The Hall–Kier alpha value is -1.11. The van der Waals surface area contributed by atoms with Crippen LogP contribution in [0.15, 0.2) is 24.3 Å². The van der Waals surface area contributed by atoms with Crippen molar-refractivity contribution in [2.24, 2.45) is 5.41 Å². The minimum absolute atomic E-state index is 0.103. The molecule has 2 rings (SSSR count). The zero-order valence-corrected chi connectivity index (χ0v) is 10.4. The van der Waals surface area contributed by atoms with Crippen LogP contribution in [0, 0.1) is 5.41 Å². The third-order valence-electron chi connectivity index (χ3n) is 4.32. The monoisotopic (exact) mass is 216 g/mol. The normalized spacial score (nSPS) is 28.9. The number of ketones is 1. The highest BCUT2D eigenvalue weighted by Gasteiger charge is 2.49. The Kier molecular flexibility index (Phi) is 2.88. The van der Waals surface area contributed by atoms with Gasteiger partial charge in [0, 0.05) is 17.8 Å². The van der Waals surface area contributed by atoms with Crippen LogP contribution >= 0.6 is 0 Å². The van der Waals surface area contributed by atoms with Crippen LogP contribution in [0.3, 0.4) is 0 Å². The molecule has 0 aromatic heterocycles. The SMILES string of the molecule is CCc1ccc(C2CC(=O)C2(C)CC)cc1. The smallest absolute Gasteiger partial charge is 0.140 e. The first-order chi connectivity index (χ1) is 7.61. The molecule has 2 atom stereocenters. The summed E-state index contributed by atoms with van der Waals surface area (Å²) in [5, 5.41) is 0. The van der Waals surface area contributed by atoms with Gasteiger partial charge in [0.25, 0.3) is 0 Å². The molecule has 1 fully saturated rings. The van der Waals surface area contributed by atoms with E-state index in [2.05, 4.69) is 45.0 Å². The Balaban J connectivity index is 2.22. The van der Waals surface area contributed by atoms with Gasteiger partial charge < -0.3 is 0 Å². The second kappa shape index (κ2) is 4.04. The van der Waals surface area contributed by atoms with Gasteiger partial charge in [-0.1, -0.05) is 45.0 Å². The first kappa shape index (κ1) is 11.4. The third-order valence-corrected chi connectivity index (χ3v) is 4.32. The Labute approximate surface area is 97.9 Å². The maximum Gasteiger partial charge on any atom is 0.140 e. The van der Waals surface area contributed by atoms with E-state index in [9.17, 15) is 4.79 Å². The van der Waals surface area contributed by atoms with Crippen molar-refractivity contribution in [3.05, 3.63) is 35.4 Å². The van der Waals surface area contributed by atoms with Crippen molar-refractivity contribution in [2.75, 3.05) is 0 Å². The molecule has 1 aromatic carbocycles. The van der Waals surface area contributed by atoms with E-state index < -0.39 is 0 Å². The molecule has 1 nitrogen and oxygen atoms in total. The van der Waals surface area contributed by atoms with Gasteiger partial charge in [-0.05, 0) is 24.0 Å². The van der Waals surface area contributed by atoms with Crippen molar-refractivity contribution in [3.8, 4) is 0 Å². The Bertz CT molecular complexity index is 390. The first-order valence-corrected chi connectivity index (χ1v) is 6.24. The molecule has 1 aliphatic carbocycles. The van der Waals surface area contributed by atoms with Crippen molar-refractivity contribution in [1.82, 2.24) is 0 Å². The average molecular weight is 216 g/mol. The maximum atomic E-state index is 11.7. The fourth-order valence-electron chi connectivity index (χ4n) is 2.62. The zero-order chi connectivity index (χ0) is 11.8. The minimum atomic E-state index is -0.103. The fraction of sp³-hybridized carbons (Fsp3) is 0.533. The van der Waals surface area contributed by atoms with Crippen molar-refractivity contribution < 1.29 is 4.79 Å². The molecule has 0 bridgehead atoms. The summed E-state index contributed by atoms with van der Waals surface area (Å²) in [6.45, 7) is 6.39. The highest BCUT2D eigenvalue weighted by atomic mass is 16.1. The molecule has 0 radical (unpaired) electrons.